The Hall–Kier alpha value is -0.120. The van der Waals surface area contributed by atoms with Crippen molar-refractivity contribution < 1.29 is 4.74 Å². The second-order valence-corrected chi connectivity index (χ2v) is 5.85. The van der Waals surface area contributed by atoms with Gasteiger partial charge in [-0.05, 0) is 19.3 Å². The maximum Gasteiger partial charge on any atom is 0.0670 e. The van der Waals surface area contributed by atoms with Gasteiger partial charge < -0.3 is 10.1 Å². The zero-order chi connectivity index (χ0) is 13.5. The van der Waals surface area contributed by atoms with Crippen molar-refractivity contribution in [1.29, 1.82) is 0 Å². The molecule has 3 heteroatoms. The Balaban J connectivity index is 2.60. The zero-order valence-corrected chi connectivity index (χ0v) is 12.9. The third-order valence-corrected chi connectivity index (χ3v) is 4.37. The molecule has 0 spiro atoms. The molecular formula is C15H32N2O. The van der Waals surface area contributed by atoms with E-state index in [-0.39, 0.29) is 0 Å². The molecule has 0 bridgehead atoms. The van der Waals surface area contributed by atoms with E-state index in [0.29, 0.717) is 18.2 Å². The summed E-state index contributed by atoms with van der Waals surface area (Å²) in [7, 11) is 1.81. The number of ether oxygens (including phenoxy) is 1. The molecule has 0 radical (unpaired) electrons. The Kier molecular flexibility index (Phi) is 7.20. The molecule has 1 heterocycles. The minimum absolute atomic E-state index is 0.330. The Labute approximate surface area is 113 Å². The van der Waals surface area contributed by atoms with Crippen LogP contribution in [0.2, 0.25) is 0 Å². The summed E-state index contributed by atoms with van der Waals surface area (Å²) < 4.78 is 5.45. The van der Waals surface area contributed by atoms with E-state index in [4.69, 9.17) is 4.74 Å². The van der Waals surface area contributed by atoms with E-state index < -0.39 is 0 Å². The van der Waals surface area contributed by atoms with Crippen LogP contribution in [0.4, 0.5) is 0 Å². The molecule has 1 saturated heterocycles. The summed E-state index contributed by atoms with van der Waals surface area (Å²) in [6.45, 7) is 12.5. The average molecular weight is 256 g/mol. The Morgan fingerprint density at radius 2 is 2.06 bits per heavy atom. The first-order valence-corrected chi connectivity index (χ1v) is 7.62. The first kappa shape index (κ1) is 15.9. The van der Waals surface area contributed by atoms with Crippen LogP contribution in [0.3, 0.4) is 0 Å². The van der Waals surface area contributed by atoms with Crippen molar-refractivity contribution in [3.05, 3.63) is 0 Å². The van der Waals surface area contributed by atoms with Gasteiger partial charge in [0.1, 0.15) is 0 Å². The molecule has 0 aromatic carbocycles. The van der Waals surface area contributed by atoms with Crippen LogP contribution in [0.15, 0.2) is 0 Å². The first-order chi connectivity index (χ1) is 8.62. The quantitative estimate of drug-likeness (QED) is 0.757. The highest BCUT2D eigenvalue weighted by atomic mass is 16.5. The lowest BCUT2D eigenvalue weighted by atomic mass is 9.93. The second kappa shape index (κ2) is 8.13. The van der Waals surface area contributed by atoms with Crippen LogP contribution in [0.1, 0.15) is 47.0 Å². The molecule has 3 nitrogen and oxygen atoms in total. The van der Waals surface area contributed by atoms with Gasteiger partial charge in [-0.2, -0.15) is 0 Å². The molecule has 1 N–H and O–H groups in total. The van der Waals surface area contributed by atoms with Crippen molar-refractivity contribution in [2.75, 3.05) is 26.7 Å². The number of hydrogen-bond acceptors (Lipinski definition) is 3. The van der Waals surface area contributed by atoms with E-state index in [2.05, 4.69) is 37.9 Å². The summed E-state index contributed by atoms with van der Waals surface area (Å²) in [5.41, 5.74) is 0. The molecule has 0 aromatic rings. The number of nitrogens with one attached hydrogen (secondary N) is 1. The Morgan fingerprint density at radius 3 is 2.61 bits per heavy atom. The van der Waals surface area contributed by atoms with Gasteiger partial charge in [-0.3, -0.25) is 4.90 Å². The van der Waals surface area contributed by atoms with Crippen molar-refractivity contribution in [1.82, 2.24) is 10.2 Å². The monoisotopic (exact) mass is 256 g/mol. The summed E-state index contributed by atoms with van der Waals surface area (Å²) in [5.74, 6) is 0.754. The van der Waals surface area contributed by atoms with E-state index in [1.807, 2.05) is 7.11 Å². The number of piperazine rings is 1. The molecular weight excluding hydrogens is 224 g/mol. The number of nitrogens with zero attached hydrogens (tertiary/aromatic N) is 1. The summed E-state index contributed by atoms with van der Waals surface area (Å²) in [5, 5.41) is 3.72. The fourth-order valence-electron chi connectivity index (χ4n) is 2.89. The van der Waals surface area contributed by atoms with Gasteiger partial charge in [0.2, 0.25) is 0 Å². The Morgan fingerprint density at radius 1 is 1.33 bits per heavy atom. The fourth-order valence-corrected chi connectivity index (χ4v) is 2.89. The van der Waals surface area contributed by atoms with E-state index >= 15 is 0 Å². The molecule has 0 aliphatic carbocycles. The van der Waals surface area contributed by atoms with Crippen LogP contribution in [-0.2, 0) is 4.74 Å². The van der Waals surface area contributed by atoms with Gasteiger partial charge in [-0.1, -0.05) is 33.6 Å². The highest BCUT2D eigenvalue weighted by Crippen LogP contribution is 2.20. The van der Waals surface area contributed by atoms with Crippen LogP contribution in [-0.4, -0.2) is 49.8 Å². The number of rotatable bonds is 7. The van der Waals surface area contributed by atoms with Crippen molar-refractivity contribution >= 4 is 0 Å². The van der Waals surface area contributed by atoms with E-state index in [1.54, 1.807) is 0 Å². The van der Waals surface area contributed by atoms with Gasteiger partial charge in [-0.15, -0.1) is 0 Å². The lowest BCUT2D eigenvalue weighted by Gasteiger charge is -2.44. The number of hydrogen-bond donors (Lipinski definition) is 1. The lowest BCUT2D eigenvalue weighted by Crippen LogP contribution is -2.59. The predicted octanol–water partition coefficient (Wildman–Crippen LogP) is 2.51. The topological polar surface area (TPSA) is 24.5 Å². The zero-order valence-electron chi connectivity index (χ0n) is 12.9. The molecule has 108 valence electrons. The van der Waals surface area contributed by atoms with Gasteiger partial charge in [-0.25, -0.2) is 0 Å². The van der Waals surface area contributed by atoms with Gasteiger partial charge >= 0.3 is 0 Å². The molecule has 4 atom stereocenters. The molecule has 0 saturated carbocycles. The molecule has 1 aliphatic heterocycles. The first-order valence-electron chi connectivity index (χ1n) is 7.62. The SMILES string of the molecule is CCCC1CN(CC(C)OC)C(C(C)CC)CN1. The summed E-state index contributed by atoms with van der Waals surface area (Å²) in [6, 6.07) is 1.33. The summed E-state index contributed by atoms with van der Waals surface area (Å²) in [4.78, 5) is 2.65. The van der Waals surface area contributed by atoms with Gasteiger partial charge in [0.15, 0.2) is 0 Å². The van der Waals surface area contributed by atoms with Crippen LogP contribution in [0, 0.1) is 5.92 Å². The standard InChI is InChI=1S/C15H32N2O/c1-6-8-14-11-17(10-13(4)18-5)15(9-16-14)12(3)7-2/h12-16H,6-11H2,1-5H3. The minimum atomic E-state index is 0.330. The predicted molar refractivity (Wildman–Crippen MR) is 78.0 cm³/mol. The second-order valence-electron chi connectivity index (χ2n) is 5.85. The fraction of sp³-hybridized carbons (Fsp3) is 1.00. The molecule has 0 aromatic heterocycles. The normalized spacial score (nSPS) is 29.2. The van der Waals surface area contributed by atoms with Gasteiger partial charge in [0.25, 0.3) is 0 Å². The van der Waals surface area contributed by atoms with Crippen LogP contribution < -0.4 is 5.32 Å². The lowest BCUT2D eigenvalue weighted by molar-refractivity contribution is 0.0243. The van der Waals surface area contributed by atoms with Crippen molar-refractivity contribution in [2.45, 2.75) is 65.1 Å². The van der Waals surface area contributed by atoms with Crippen LogP contribution in [0.5, 0.6) is 0 Å². The maximum atomic E-state index is 5.45. The highest BCUT2D eigenvalue weighted by Gasteiger charge is 2.31. The maximum absolute atomic E-state index is 5.45. The molecule has 1 aliphatic rings. The van der Waals surface area contributed by atoms with Gasteiger partial charge in [0.05, 0.1) is 6.10 Å². The minimum Gasteiger partial charge on any atom is -0.380 e. The van der Waals surface area contributed by atoms with E-state index in [1.165, 1.54) is 25.8 Å². The molecule has 18 heavy (non-hydrogen) atoms. The average Bonchev–Trinajstić information content (AvgIpc) is 2.38. The van der Waals surface area contributed by atoms with Crippen molar-refractivity contribution in [3.8, 4) is 0 Å². The molecule has 1 rings (SSSR count). The van der Waals surface area contributed by atoms with Crippen LogP contribution >= 0.6 is 0 Å². The van der Waals surface area contributed by atoms with E-state index in [0.717, 1.165) is 19.0 Å². The third-order valence-electron chi connectivity index (χ3n) is 4.37. The smallest absolute Gasteiger partial charge is 0.0670 e. The highest BCUT2D eigenvalue weighted by molar-refractivity contribution is 4.89. The largest absolute Gasteiger partial charge is 0.380 e. The molecule has 1 fully saturated rings. The van der Waals surface area contributed by atoms with Gasteiger partial charge in [0, 0.05) is 38.8 Å². The summed E-state index contributed by atoms with van der Waals surface area (Å²) in [6.07, 6.45) is 4.13. The van der Waals surface area contributed by atoms with Crippen molar-refractivity contribution in [3.63, 3.8) is 0 Å². The van der Waals surface area contributed by atoms with E-state index in [9.17, 15) is 0 Å². The Bertz CT molecular complexity index is 223. The van der Waals surface area contributed by atoms with Crippen LogP contribution in [0.25, 0.3) is 0 Å². The summed E-state index contributed by atoms with van der Waals surface area (Å²) >= 11 is 0. The third kappa shape index (κ3) is 4.52. The molecule has 0 amide bonds. The van der Waals surface area contributed by atoms with Crippen molar-refractivity contribution in [2.24, 2.45) is 5.92 Å². The number of methoxy groups -OCH3 is 1. The molecule has 4 unspecified atom stereocenters.